The van der Waals surface area contributed by atoms with Gasteiger partial charge in [0, 0.05) is 0 Å². The minimum Gasteiger partial charge on any atom is -0.490 e. The number of para-hydroxylation sites is 1. The number of carboxylic acid groups (broad SMARTS) is 1. The van der Waals surface area contributed by atoms with E-state index in [1.807, 2.05) is 62.4 Å². The van der Waals surface area contributed by atoms with Crippen molar-refractivity contribution >= 4 is 56.5 Å². The number of carboxylic acids is 1. The normalized spacial score (nSPS) is 16.1. The lowest BCUT2D eigenvalue weighted by Crippen LogP contribution is -2.28. The Labute approximate surface area is 240 Å². The molecule has 0 bridgehead atoms. The van der Waals surface area contributed by atoms with Crippen LogP contribution in [-0.2, 0) is 11.3 Å². The summed E-state index contributed by atoms with van der Waals surface area (Å²) in [5.41, 5.74) is 2.50. The molecule has 0 unspecified atom stereocenters. The molecule has 1 aliphatic heterocycles. The van der Waals surface area contributed by atoms with Crippen LogP contribution >= 0.6 is 27.7 Å². The highest BCUT2D eigenvalue weighted by Gasteiger charge is 2.33. The van der Waals surface area contributed by atoms with E-state index in [4.69, 9.17) is 14.5 Å². The van der Waals surface area contributed by atoms with Crippen LogP contribution < -0.4 is 9.47 Å². The average molecular weight is 610 g/mol. The van der Waals surface area contributed by atoms with Gasteiger partial charge in [0.1, 0.15) is 0 Å². The summed E-state index contributed by atoms with van der Waals surface area (Å²) >= 11 is 4.91. The lowest BCUT2D eigenvalue weighted by Gasteiger charge is -2.18. The quantitative estimate of drug-likeness (QED) is 0.239. The fourth-order valence-electron chi connectivity index (χ4n) is 3.76. The van der Waals surface area contributed by atoms with E-state index in [-0.39, 0.29) is 24.1 Å². The zero-order chi connectivity index (χ0) is 27.9. The van der Waals surface area contributed by atoms with Crippen LogP contribution in [0.2, 0.25) is 0 Å². The first-order chi connectivity index (χ1) is 18.8. The SMILES string of the molecule is CCOc1cc(/C=C2\SC(=Nc3ccccc3)N(Cc3ccc(C(=O)O)cc3)C2=O)cc(Br)c1O[C@@H](C)CC. The van der Waals surface area contributed by atoms with Gasteiger partial charge in [0.15, 0.2) is 16.7 Å². The van der Waals surface area contributed by atoms with Crippen molar-refractivity contribution in [1.82, 2.24) is 4.90 Å². The lowest BCUT2D eigenvalue weighted by molar-refractivity contribution is -0.122. The molecule has 0 spiro atoms. The topological polar surface area (TPSA) is 88.4 Å². The number of aliphatic imine (C=N–C) groups is 1. The molecule has 202 valence electrons. The molecule has 1 saturated heterocycles. The van der Waals surface area contributed by atoms with Crippen molar-refractivity contribution < 1.29 is 24.2 Å². The van der Waals surface area contributed by atoms with Crippen LogP contribution in [0, 0.1) is 0 Å². The highest BCUT2D eigenvalue weighted by molar-refractivity contribution is 9.10. The number of hydrogen-bond acceptors (Lipinski definition) is 6. The van der Waals surface area contributed by atoms with Crippen LogP contribution in [0.1, 0.15) is 48.7 Å². The molecule has 7 nitrogen and oxygen atoms in total. The summed E-state index contributed by atoms with van der Waals surface area (Å²) in [6.45, 7) is 6.70. The second kappa shape index (κ2) is 13.0. The molecule has 1 amide bonds. The Morgan fingerprint density at radius 1 is 1.13 bits per heavy atom. The maximum Gasteiger partial charge on any atom is 0.335 e. The van der Waals surface area contributed by atoms with Gasteiger partial charge in [0.2, 0.25) is 0 Å². The Morgan fingerprint density at radius 3 is 2.49 bits per heavy atom. The van der Waals surface area contributed by atoms with E-state index in [1.165, 1.54) is 23.9 Å². The number of nitrogens with zero attached hydrogens (tertiary/aromatic N) is 2. The molecule has 1 fully saturated rings. The lowest BCUT2D eigenvalue weighted by atomic mass is 10.1. The molecule has 0 aliphatic carbocycles. The second-order valence-corrected chi connectivity index (χ2v) is 10.7. The molecular formula is C30H29BrN2O5S. The fraction of sp³-hybridized carbons (Fsp3) is 0.233. The molecule has 0 radical (unpaired) electrons. The maximum absolute atomic E-state index is 13.6. The van der Waals surface area contributed by atoms with E-state index in [2.05, 4.69) is 22.9 Å². The highest BCUT2D eigenvalue weighted by Crippen LogP contribution is 2.40. The molecule has 4 rings (SSSR count). The van der Waals surface area contributed by atoms with Gasteiger partial charge in [-0.2, -0.15) is 0 Å². The molecule has 1 N–H and O–H groups in total. The van der Waals surface area contributed by atoms with Gasteiger partial charge in [-0.05, 0) is 102 Å². The molecular weight excluding hydrogens is 580 g/mol. The summed E-state index contributed by atoms with van der Waals surface area (Å²) in [7, 11) is 0. The van der Waals surface area contributed by atoms with Crippen molar-refractivity contribution in [1.29, 1.82) is 0 Å². The van der Waals surface area contributed by atoms with Crippen molar-refractivity contribution in [3.63, 3.8) is 0 Å². The predicted octanol–water partition coefficient (Wildman–Crippen LogP) is 7.53. The van der Waals surface area contributed by atoms with Crippen molar-refractivity contribution in [2.75, 3.05) is 6.61 Å². The third kappa shape index (κ3) is 7.10. The number of rotatable bonds is 10. The number of aromatic carboxylic acids is 1. The van der Waals surface area contributed by atoms with E-state index in [0.29, 0.717) is 28.2 Å². The number of benzene rings is 3. The zero-order valence-electron chi connectivity index (χ0n) is 21.9. The number of hydrogen-bond donors (Lipinski definition) is 1. The number of ether oxygens (including phenoxy) is 2. The van der Waals surface area contributed by atoms with Crippen LogP contribution in [0.3, 0.4) is 0 Å². The summed E-state index contributed by atoms with van der Waals surface area (Å²) in [5, 5.41) is 9.76. The van der Waals surface area contributed by atoms with Gasteiger partial charge in [-0.3, -0.25) is 9.69 Å². The first-order valence-corrected chi connectivity index (χ1v) is 14.2. The van der Waals surface area contributed by atoms with Crippen LogP contribution in [0.5, 0.6) is 11.5 Å². The summed E-state index contributed by atoms with van der Waals surface area (Å²) in [6, 6.07) is 19.7. The minimum atomic E-state index is -0.996. The Kier molecular flexibility index (Phi) is 9.48. The second-order valence-electron chi connectivity index (χ2n) is 8.83. The van der Waals surface area contributed by atoms with Gasteiger partial charge in [0.25, 0.3) is 5.91 Å². The summed E-state index contributed by atoms with van der Waals surface area (Å²) in [6.07, 6.45) is 2.70. The number of amidine groups is 1. The van der Waals surface area contributed by atoms with Crippen LogP contribution in [0.15, 0.2) is 81.1 Å². The Bertz CT molecular complexity index is 1410. The smallest absolute Gasteiger partial charge is 0.335 e. The van der Waals surface area contributed by atoms with Crippen LogP contribution in [0.25, 0.3) is 6.08 Å². The first kappa shape index (κ1) is 28.4. The third-order valence-corrected chi connectivity index (χ3v) is 7.53. The average Bonchev–Trinajstić information content (AvgIpc) is 3.20. The van der Waals surface area contributed by atoms with Crippen molar-refractivity contribution in [2.45, 2.75) is 39.8 Å². The third-order valence-electron chi connectivity index (χ3n) is 5.93. The molecule has 0 saturated carbocycles. The van der Waals surface area contributed by atoms with Gasteiger partial charge < -0.3 is 14.6 Å². The van der Waals surface area contributed by atoms with E-state index in [1.54, 1.807) is 17.0 Å². The predicted molar refractivity (Wildman–Crippen MR) is 159 cm³/mol. The molecule has 1 aliphatic rings. The maximum atomic E-state index is 13.6. The van der Waals surface area contributed by atoms with Crippen molar-refractivity contribution in [3.05, 3.63) is 92.8 Å². The zero-order valence-corrected chi connectivity index (χ0v) is 24.3. The monoisotopic (exact) mass is 608 g/mol. The summed E-state index contributed by atoms with van der Waals surface area (Å²) < 4.78 is 12.7. The van der Waals surface area contributed by atoms with Gasteiger partial charge in [-0.15, -0.1) is 0 Å². The minimum absolute atomic E-state index is 0.0200. The molecule has 3 aromatic rings. The molecule has 0 aromatic heterocycles. The summed E-state index contributed by atoms with van der Waals surface area (Å²) in [4.78, 5) is 31.7. The number of halogens is 1. The molecule has 1 atom stereocenters. The van der Waals surface area contributed by atoms with E-state index in [9.17, 15) is 14.7 Å². The number of amides is 1. The fourth-order valence-corrected chi connectivity index (χ4v) is 5.31. The molecule has 39 heavy (non-hydrogen) atoms. The van der Waals surface area contributed by atoms with Crippen LogP contribution in [0.4, 0.5) is 5.69 Å². The van der Waals surface area contributed by atoms with Crippen molar-refractivity contribution in [2.24, 2.45) is 4.99 Å². The highest BCUT2D eigenvalue weighted by atomic mass is 79.9. The Balaban J connectivity index is 1.69. The van der Waals surface area contributed by atoms with Gasteiger partial charge in [-0.1, -0.05) is 37.3 Å². The molecule has 9 heteroatoms. The van der Waals surface area contributed by atoms with Gasteiger partial charge in [-0.25, -0.2) is 9.79 Å². The Morgan fingerprint density at radius 2 is 1.85 bits per heavy atom. The van der Waals surface area contributed by atoms with Crippen LogP contribution in [-0.4, -0.2) is 39.8 Å². The van der Waals surface area contributed by atoms with Gasteiger partial charge >= 0.3 is 5.97 Å². The Hall–Kier alpha value is -3.56. The van der Waals surface area contributed by atoms with Gasteiger partial charge in [0.05, 0.1) is 39.9 Å². The number of thioether (sulfide) groups is 1. The largest absolute Gasteiger partial charge is 0.490 e. The van der Waals surface area contributed by atoms with E-state index >= 15 is 0 Å². The van der Waals surface area contributed by atoms with E-state index < -0.39 is 5.97 Å². The first-order valence-electron chi connectivity index (χ1n) is 12.6. The molecule has 3 aromatic carbocycles. The summed E-state index contributed by atoms with van der Waals surface area (Å²) in [5.74, 6) is 0.0506. The number of carbonyl (C=O) groups excluding carboxylic acids is 1. The standard InChI is InChI=1S/C30H29BrN2O5S/c1-4-19(3)38-27-24(31)15-21(16-25(27)37-5-2)17-26-28(34)33(18-20-11-13-22(14-12-20)29(35)36)30(39-26)32-23-9-7-6-8-10-23/h6-17,19H,4-5,18H2,1-3H3,(H,35,36)/b26-17-,32-30?/t19-/m0/s1. The van der Waals surface area contributed by atoms with E-state index in [0.717, 1.165) is 27.7 Å². The van der Waals surface area contributed by atoms with Crippen molar-refractivity contribution in [3.8, 4) is 11.5 Å². The number of carbonyl (C=O) groups is 2. The molecule has 1 heterocycles.